The molecule has 0 aliphatic rings. The lowest BCUT2D eigenvalue weighted by Gasteiger charge is -1.90. The molecule has 3 heteroatoms. The summed E-state index contributed by atoms with van der Waals surface area (Å²) in [7, 11) is 0. The number of alkyl halides is 1. The van der Waals surface area contributed by atoms with Gasteiger partial charge < -0.3 is 4.42 Å². The van der Waals surface area contributed by atoms with Gasteiger partial charge in [0.2, 0.25) is 0 Å². The quantitative estimate of drug-likeness (QED) is 0.698. The first-order valence-corrected chi connectivity index (χ1v) is 5.28. The van der Waals surface area contributed by atoms with Gasteiger partial charge in [-0.25, -0.2) is 0 Å². The lowest BCUT2D eigenvalue weighted by atomic mass is 10.2. The second kappa shape index (κ2) is 3.35. The fourth-order valence-corrected chi connectivity index (χ4v) is 1.99. The summed E-state index contributed by atoms with van der Waals surface area (Å²) in [6, 6.07) is 5.95. The van der Waals surface area contributed by atoms with E-state index in [1.807, 2.05) is 25.1 Å². The van der Waals surface area contributed by atoms with Gasteiger partial charge in [0, 0.05) is 9.86 Å². The van der Waals surface area contributed by atoms with Crippen molar-refractivity contribution in [2.24, 2.45) is 0 Å². The van der Waals surface area contributed by atoms with Gasteiger partial charge in [0.25, 0.3) is 0 Å². The molecule has 13 heavy (non-hydrogen) atoms. The van der Waals surface area contributed by atoms with E-state index in [1.165, 1.54) is 0 Å². The van der Waals surface area contributed by atoms with Gasteiger partial charge >= 0.3 is 0 Å². The molecule has 1 aromatic carbocycles. The predicted molar refractivity (Wildman–Crippen MR) is 58.2 cm³/mol. The molecule has 0 amide bonds. The second-order valence-electron chi connectivity index (χ2n) is 2.92. The molecule has 0 bridgehead atoms. The first kappa shape index (κ1) is 9.10. The molecule has 0 saturated heterocycles. The zero-order valence-electron chi connectivity index (χ0n) is 7.10. The zero-order chi connectivity index (χ0) is 9.42. The predicted octanol–water partition coefficient (Wildman–Crippen LogP) is 4.24. The minimum atomic E-state index is 0.429. The number of furan rings is 1. The lowest BCUT2D eigenvalue weighted by Crippen LogP contribution is -1.75. The molecule has 0 unspecified atom stereocenters. The maximum atomic E-state index is 5.74. The summed E-state index contributed by atoms with van der Waals surface area (Å²) in [6.07, 6.45) is 0. The number of aryl methyl sites for hydroxylation is 1. The van der Waals surface area contributed by atoms with Crippen LogP contribution in [0.15, 0.2) is 27.1 Å². The van der Waals surface area contributed by atoms with Gasteiger partial charge in [-0.15, -0.1) is 11.6 Å². The molecule has 2 aromatic rings. The summed E-state index contributed by atoms with van der Waals surface area (Å²) in [5, 5.41) is 1.13. The van der Waals surface area contributed by atoms with Crippen LogP contribution < -0.4 is 0 Å². The molecule has 0 aliphatic heterocycles. The number of benzene rings is 1. The van der Waals surface area contributed by atoms with Gasteiger partial charge in [0.05, 0.1) is 5.88 Å². The lowest BCUT2D eigenvalue weighted by molar-refractivity contribution is 0.569. The average Bonchev–Trinajstić information content (AvgIpc) is 2.44. The molecular weight excluding hydrogens is 251 g/mol. The van der Waals surface area contributed by atoms with E-state index in [0.29, 0.717) is 5.88 Å². The van der Waals surface area contributed by atoms with Gasteiger partial charge in [0.1, 0.15) is 11.3 Å². The highest BCUT2D eigenvalue weighted by Crippen LogP contribution is 2.28. The summed E-state index contributed by atoms with van der Waals surface area (Å²) in [5.41, 5.74) is 2.03. The summed E-state index contributed by atoms with van der Waals surface area (Å²) in [5.74, 6) is 1.28. The van der Waals surface area contributed by atoms with Crippen molar-refractivity contribution < 1.29 is 4.42 Å². The highest BCUT2D eigenvalue weighted by atomic mass is 79.9. The summed E-state index contributed by atoms with van der Waals surface area (Å²) < 4.78 is 6.61. The number of fused-ring (bicyclic) bond motifs is 1. The Hall–Kier alpha value is -0.470. The Morgan fingerprint density at radius 3 is 2.92 bits per heavy atom. The maximum Gasteiger partial charge on any atom is 0.134 e. The average molecular weight is 260 g/mol. The van der Waals surface area contributed by atoms with Crippen LogP contribution in [-0.2, 0) is 5.88 Å². The monoisotopic (exact) mass is 258 g/mol. The number of rotatable bonds is 1. The smallest absolute Gasteiger partial charge is 0.134 e. The number of hydrogen-bond acceptors (Lipinski definition) is 1. The van der Waals surface area contributed by atoms with Crippen molar-refractivity contribution in [2.45, 2.75) is 12.8 Å². The standard InChI is InChI=1S/C10H8BrClO/c1-6-8-4-7(11)2-3-9(8)13-10(6)5-12/h2-4H,5H2,1H3. The Kier molecular flexibility index (Phi) is 2.35. The maximum absolute atomic E-state index is 5.74. The van der Waals surface area contributed by atoms with Gasteiger partial charge in [-0.2, -0.15) is 0 Å². The number of halogens is 2. The minimum Gasteiger partial charge on any atom is -0.460 e. The van der Waals surface area contributed by atoms with Crippen LogP contribution in [0.4, 0.5) is 0 Å². The molecule has 1 aromatic heterocycles. The van der Waals surface area contributed by atoms with Crippen LogP contribution in [0.5, 0.6) is 0 Å². The first-order valence-electron chi connectivity index (χ1n) is 3.96. The molecule has 0 spiro atoms. The number of hydrogen-bond donors (Lipinski definition) is 0. The molecule has 0 aliphatic carbocycles. The van der Waals surface area contributed by atoms with Gasteiger partial charge in [-0.3, -0.25) is 0 Å². The summed E-state index contributed by atoms with van der Waals surface area (Å²) in [6.45, 7) is 2.02. The normalized spacial score (nSPS) is 11.0. The van der Waals surface area contributed by atoms with Gasteiger partial charge in [-0.1, -0.05) is 15.9 Å². The fraction of sp³-hybridized carbons (Fsp3) is 0.200. The summed E-state index contributed by atoms with van der Waals surface area (Å²) >= 11 is 9.16. The van der Waals surface area contributed by atoms with Crippen LogP contribution in [0.25, 0.3) is 11.0 Å². The van der Waals surface area contributed by atoms with E-state index in [2.05, 4.69) is 15.9 Å². The van der Waals surface area contributed by atoms with Gasteiger partial charge in [0.15, 0.2) is 0 Å². The van der Waals surface area contributed by atoms with Crippen molar-refractivity contribution in [3.05, 3.63) is 34.0 Å². The van der Waals surface area contributed by atoms with Crippen LogP contribution in [0.2, 0.25) is 0 Å². The van der Waals surface area contributed by atoms with Crippen LogP contribution in [0.1, 0.15) is 11.3 Å². The topological polar surface area (TPSA) is 13.1 Å². The Morgan fingerprint density at radius 2 is 2.23 bits per heavy atom. The summed E-state index contributed by atoms with van der Waals surface area (Å²) in [4.78, 5) is 0. The third-order valence-corrected chi connectivity index (χ3v) is 2.85. The van der Waals surface area contributed by atoms with E-state index in [0.717, 1.165) is 26.8 Å². The van der Waals surface area contributed by atoms with E-state index in [1.54, 1.807) is 0 Å². The Labute approximate surface area is 89.8 Å². The molecule has 0 saturated carbocycles. The van der Waals surface area contributed by atoms with Crippen molar-refractivity contribution in [3.63, 3.8) is 0 Å². The molecule has 0 radical (unpaired) electrons. The third kappa shape index (κ3) is 1.49. The van der Waals surface area contributed by atoms with Crippen LogP contribution >= 0.6 is 27.5 Å². The molecule has 0 fully saturated rings. The van der Waals surface area contributed by atoms with Crippen LogP contribution in [-0.4, -0.2) is 0 Å². The fourth-order valence-electron chi connectivity index (χ4n) is 1.37. The van der Waals surface area contributed by atoms with E-state index >= 15 is 0 Å². The van der Waals surface area contributed by atoms with Crippen molar-refractivity contribution in [3.8, 4) is 0 Å². The van der Waals surface area contributed by atoms with Crippen LogP contribution in [0, 0.1) is 6.92 Å². The third-order valence-electron chi connectivity index (χ3n) is 2.12. The molecule has 1 heterocycles. The molecule has 1 nitrogen and oxygen atoms in total. The van der Waals surface area contributed by atoms with E-state index in [9.17, 15) is 0 Å². The molecule has 2 rings (SSSR count). The zero-order valence-corrected chi connectivity index (χ0v) is 9.45. The molecular formula is C10H8BrClO. The molecule has 0 atom stereocenters. The van der Waals surface area contributed by atoms with Crippen LogP contribution in [0.3, 0.4) is 0 Å². The van der Waals surface area contributed by atoms with Crippen molar-refractivity contribution in [1.29, 1.82) is 0 Å². The first-order chi connectivity index (χ1) is 6.22. The minimum absolute atomic E-state index is 0.429. The largest absolute Gasteiger partial charge is 0.460 e. The highest BCUT2D eigenvalue weighted by Gasteiger charge is 2.08. The Bertz CT molecular complexity index is 447. The van der Waals surface area contributed by atoms with Crippen molar-refractivity contribution in [1.82, 2.24) is 0 Å². The SMILES string of the molecule is Cc1c(CCl)oc2ccc(Br)cc12. The van der Waals surface area contributed by atoms with Crippen molar-refractivity contribution in [2.75, 3.05) is 0 Å². The molecule has 68 valence electrons. The van der Waals surface area contributed by atoms with E-state index in [-0.39, 0.29) is 0 Å². The van der Waals surface area contributed by atoms with E-state index < -0.39 is 0 Å². The van der Waals surface area contributed by atoms with Crippen molar-refractivity contribution >= 4 is 38.5 Å². The highest BCUT2D eigenvalue weighted by molar-refractivity contribution is 9.10. The Balaban J connectivity index is 2.77. The Morgan fingerprint density at radius 1 is 1.46 bits per heavy atom. The second-order valence-corrected chi connectivity index (χ2v) is 4.11. The van der Waals surface area contributed by atoms with Gasteiger partial charge in [-0.05, 0) is 30.7 Å². The molecule has 0 N–H and O–H groups in total. The van der Waals surface area contributed by atoms with E-state index in [4.69, 9.17) is 16.0 Å².